The van der Waals surface area contributed by atoms with E-state index >= 15 is 0 Å². The Morgan fingerprint density at radius 1 is 1.17 bits per heavy atom. The van der Waals surface area contributed by atoms with E-state index < -0.39 is 0 Å². The standard InChI is InChI=1S/C17H18N2O4/c1-11-17(15(21)8-9-19(11)3)23-10-16(22)18-14-6-4-13(5-7-14)12(2)20/h4-9H,10H2,1-3H3,(H,18,22). The van der Waals surface area contributed by atoms with Crippen LogP contribution in [-0.4, -0.2) is 22.9 Å². The Labute approximate surface area is 133 Å². The third-order valence-corrected chi connectivity index (χ3v) is 3.45. The van der Waals surface area contributed by atoms with Crippen LogP contribution in [0.2, 0.25) is 0 Å². The lowest BCUT2D eigenvalue weighted by Gasteiger charge is -2.11. The van der Waals surface area contributed by atoms with Gasteiger partial charge in [0.15, 0.2) is 18.1 Å². The van der Waals surface area contributed by atoms with E-state index in [1.54, 1.807) is 49.0 Å². The third-order valence-electron chi connectivity index (χ3n) is 3.45. The summed E-state index contributed by atoms with van der Waals surface area (Å²) >= 11 is 0. The number of aryl methyl sites for hydroxylation is 1. The zero-order chi connectivity index (χ0) is 17.0. The summed E-state index contributed by atoms with van der Waals surface area (Å²) in [5.74, 6) is -0.260. The number of benzene rings is 1. The first kappa shape index (κ1) is 16.5. The average Bonchev–Trinajstić information content (AvgIpc) is 2.51. The highest BCUT2D eigenvalue weighted by molar-refractivity contribution is 5.95. The maximum absolute atomic E-state index is 11.9. The summed E-state index contributed by atoms with van der Waals surface area (Å²) < 4.78 is 7.09. The Morgan fingerprint density at radius 2 is 1.83 bits per heavy atom. The molecule has 1 aromatic heterocycles. The highest BCUT2D eigenvalue weighted by Crippen LogP contribution is 2.12. The fourth-order valence-electron chi connectivity index (χ4n) is 2.00. The van der Waals surface area contributed by atoms with E-state index in [2.05, 4.69) is 5.32 Å². The molecular weight excluding hydrogens is 296 g/mol. The Kier molecular flexibility index (Phi) is 4.95. The summed E-state index contributed by atoms with van der Waals surface area (Å²) in [4.78, 5) is 34.9. The van der Waals surface area contributed by atoms with Crippen molar-refractivity contribution >= 4 is 17.4 Å². The van der Waals surface area contributed by atoms with E-state index in [4.69, 9.17) is 4.74 Å². The second-order valence-corrected chi connectivity index (χ2v) is 5.18. The van der Waals surface area contributed by atoms with Gasteiger partial charge in [-0.25, -0.2) is 0 Å². The number of rotatable bonds is 5. The number of aromatic nitrogens is 1. The first-order valence-corrected chi connectivity index (χ1v) is 7.08. The van der Waals surface area contributed by atoms with Gasteiger partial charge < -0.3 is 14.6 Å². The number of anilines is 1. The number of carbonyl (C=O) groups excluding carboxylic acids is 2. The fourth-order valence-corrected chi connectivity index (χ4v) is 2.00. The lowest BCUT2D eigenvalue weighted by atomic mass is 10.1. The molecular formula is C17H18N2O4. The molecule has 0 aliphatic heterocycles. The smallest absolute Gasteiger partial charge is 0.262 e. The number of pyridine rings is 1. The number of Topliss-reactive ketones (excluding diaryl/α,β-unsaturated/α-hetero) is 1. The number of nitrogens with one attached hydrogen (secondary N) is 1. The second-order valence-electron chi connectivity index (χ2n) is 5.18. The summed E-state index contributed by atoms with van der Waals surface area (Å²) in [5, 5.41) is 2.65. The van der Waals surface area contributed by atoms with Gasteiger partial charge in [0.1, 0.15) is 0 Å². The van der Waals surface area contributed by atoms with Crippen LogP contribution in [0.1, 0.15) is 23.0 Å². The third kappa shape index (κ3) is 4.06. The lowest BCUT2D eigenvalue weighted by molar-refractivity contribution is -0.118. The van der Waals surface area contributed by atoms with E-state index in [0.717, 1.165) is 0 Å². The maximum Gasteiger partial charge on any atom is 0.262 e. The lowest BCUT2D eigenvalue weighted by Crippen LogP contribution is -2.23. The van der Waals surface area contributed by atoms with Crippen molar-refractivity contribution in [3.63, 3.8) is 0 Å². The van der Waals surface area contributed by atoms with E-state index in [0.29, 0.717) is 16.9 Å². The van der Waals surface area contributed by atoms with Crippen LogP contribution in [0.3, 0.4) is 0 Å². The van der Waals surface area contributed by atoms with E-state index in [1.807, 2.05) is 0 Å². The number of carbonyl (C=O) groups is 2. The molecule has 6 nitrogen and oxygen atoms in total. The molecule has 0 saturated carbocycles. The largest absolute Gasteiger partial charge is 0.478 e. The summed E-state index contributed by atoms with van der Waals surface area (Å²) in [5.41, 5.74) is 1.51. The minimum absolute atomic E-state index is 0.0402. The highest BCUT2D eigenvalue weighted by atomic mass is 16.5. The van der Waals surface area contributed by atoms with Crippen molar-refractivity contribution in [2.75, 3.05) is 11.9 Å². The molecule has 2 aromatic rings. The zero-order valence-corrected chi connectivity index (χ0v) is 13.3. The first-order valence-electron chi connectivity index (χ1n) is 7.08. The van der Waals surface area contributed by atoms with Crippen molar-refractivity contribution in [3.05, 3.63) is 58.0 Å². The summed E-state index contributed by atoms with van der Waals surface area (Å²) in [6.07, 6.45) is 1.64. The van der Waals surface area contributed by atoms with Crippen LogP contribution in [0.25, 0.3) is 0 Å². The van der Waals surface area contributed by atoms with Gasteiger partial charge in [0.05, 0.1) is 5.69 Å². The molecule has 1 aromatic carbocycles. The van der Waals surface area contributed by atoms with E-state index in [1.165, 1.54) is 13.0 Å². The number of nitrogens with zero attached hydrogens (tertiary/aromatic N) is 1. The van der Waals surface area contributed by atoms with Gasteiger partial charge in [-0.2, -0.15) is 0 Å². The van der Waals surface area contributed by atoms with Crippen LogP contribution in [-0.2, 0) is 11.8 Å². The number of hydrogen-bond donors (Lipinski definition) is 1. The molecule has 0 aliphatic carbocycles. The molecule has 0 unspecified atom stereocenters. The Bertz CT molecular complexity index is 791. The topological polar surface area (TPSA) is 77.4 Å². The van der Waals surface area contributed by atoms with Crippen LogP contribution in [0, 0.1) is 6.92 Å². The van der Waals surface area contributed by atoms with E-state index in [-0.39, 0.29) is 29.5 Å². The Balaban J connectivity index is 1.99. The van der Waals surface area contributed by atoms with Crippen LogP contribution >= 0.6 is 0 Å². The SMILES string of the molecule is CC(=O)c1ccc(NC(=O)COc2c(C)n(C)ccc2=O)cc1. The molecule has 0 fully saturated rings. The maximum atomic E-state index is 11.9. The molecule has 0 radical (unpaired) electrons. The predicted molar refractivity (Wildman–Crippen MR) is 87.0 cm³/mol. The Hall–Kier alpha value is -2.89. The molecule has 120 valence electrons. The highest BCUT2D eigenvalue weighted by Gasteiger charge is 2.10. The summed E-state index contributed by atoms with van der Waals surface area (Å²) in [7, 11) is 1.79. The van der Waals surface area contributed by atoms with Gasteiger partial charge in [-0.05, 0) is 38.1 Å². The van der Waals surface area contributed by atoms with Gasteiger partial charge in [0.2, 0.25) is 5.43 Å². The molecule has 0 saturated heterocycles. The van der Waals surface area contributed by atoms with Crippen LogP contribution in [0.4, 0.5) is 5.69 Å². The fraction of sp³-hybridized carbons (Fsp3) is 0.235. The molecule has 23 heavy (non-hydrogen) atoms. The monoisotopic (exact) mass is 314 g/mol. The normalized spacial score (nSPS) is 10.2. The Morgan fingerprint density at radius 3 is 2.43 bits per heavy atom. The molecule has 0 spiro atoms. The van der Waals surface area contributed by atoms with Crippen molar-refractivity contribution in [2.45, 2.75) is 13.8 Å². The minimum Gasteiger partial charge on any atom is -0.478 e. The molecule has 1 N–H and O–H groups in total. The quantitative estimate of drug-likeness (QED) is 0.855. The first-order chi connectivity index (χ1) is 10.9. The minimum atomic E-state index is -0.383. The summed E-state index contributed by atoms with van der Waals surface area (Å²) in [6.45, 7) is 2.95. The van der Waals surface area contributed by atoms with Crippen molar-refractivity contribution < 1.29 is 14.3 Å². The molecule has 1 amide bonds. The molecule has 0 aliphatic rings. The molecule has 6 heteroatoms. The van der Waals surface area contributed by atoms with Gasteiger partial charge in [0.25, 0.3) is 5.91 Å². The summed E-state index contributed by atoms with van der Waals surface area (Å²) in [6, 6.07) is 7.94. The van der Waals surface area contributed by atoms with Crippen molar-refractivity contribution in [1.29, 1.82) is 0 Å². The number of amides is 1. The van der Waals surface area contributed by atoms with Crippen molar-refractivity contribution in [2.24, 2.45) is 7.05 Å². The number of hydrogen-bond acceptors (Lipinski definition) is 4. The molecule has 1 heterocycles. The van der Waals surface area contributed by atoms with Crippen LogP contribution < -0.4 is 15.5 Å². The molecule has 2 rings (SSSR count). The van der Waals surface area contributed by atoms with Crippen LogP contribution in [0.15, 0.2) is 41.3 Å². The van der Waals surface area contributed by atoms with Gasteiger partial charge in [0, 0.05) is 30.6 Å². The van der Waals surface area contributed by atoms with E-state index in [9.17, 15) is 14.4 Å². The van der Waals surface area contributed by atoms with Crippen LogP contribution in [0.5, 0.6) is 5.75 Å². The second kappa shape index (κ2) is 6.91. The zero-order valence-electron chi connectivity index (χ0n) is 13.3. The van der Waals surface area contributed by atoms with Gasteiger partial charge in [-0.3, -0.25) is 14.4 Å². The average molecular weight is 314 g/mol. The molecule has 0 bridgehead atoms. The van der Waals surface area contributed by atoms with Gasteiger partial charge >= 0.3 is 0 Å². The van der Waals surface area contributed by atoms with Gasteiger partial charge in [-0.1, -0.05) is 0 Å². The number of ketones is 1. The number of ether oxygens (including phenoxy) is 1. The van der Waals surface area contributed by atoms with Crippen molar-refractivity contribution in [3.8, 4) is 5.75 Å². The van der Waals surface area contributed by atoms with Crippen molar-refractivity contribution in [1.82, 2.24) is 4.57 Å². The van der Waals surface area contributed by atoms with Gasteiger partial charge in [-0.15, -0.1) is 0 Å². The predicted octanol–water partition coefficient (Wildman–Crippen LogP) is 1.91. The molecule has 0 atom stereocenters.